The largest absolute Gasteiger partial charge is 0.366 e. The number of halogens is 4. The number of hydrogen-bond acceptors (Lipinski definition) is 2. The van der Waals surface area contributed by atoms with E-state index in [1.54, 1.807) is 4.90 Å². The number of nitrogens with zero attached hydrogens (tertiary/aromatic N) is 2. The summed E-state index contributed by atoms with van der Waals surface area (Å²) < 4.78 is 53.2. The van der Waals surface area contributed by atoms with Crippen LogP contribution in [-0.4, -0.2) is 37.1 Å². The van der Waals surface area contributed by atoms with Crippen molar-refractivity contribution in [3.8, 4) is 0 Å². The van der Waals surface area contributed by atoms with Gasteiger partial charge in [-0.15, -0.1) is 0 Å². The van der Waals surface area contributed by atoms with Crippen LogP contribution in [0.15, 0.2) is 36.4 Å². The number of carbonyl (C=O) groups excluding carboxylic acids is 1. The van der Waals surface area contributed by atoms with Crippen molar-refractivity contribution < 1.29 is 22.4 Å². The molecular weight excluding hydrogens is 338 g/mol. The van der Waals surface area contributed by atoms with Crippen molar-refractivity contribution in [2.75, 3.05) is 36.4 Å². The molecule has 4 nitrogen and oxygen atoms in total. The minimum Gasteiger partial charge on any atom is -0.366 e. The molecule has 1 fully saturated rings. The number of amides is 2. The SMILES string of the molecule is O=C(Nc1ccc(F)cc1F)N1CCN(c2ccc(F)cc2F)CC1. The van der Waals surface area contributed by atoms with E-state index < -0.39 is 29.3 Å². The highest BCUT2D eigenvalue weighted by Crippen LogP contribution is 2.22. The number of anilines is 2. The molecule has 3 rings (SSSR count). The molecule has 1 saturated heterocycles. The highest BCUT2D eigenvalue weighted by molar-refractivity contribution is 5.89. The molecule has 0 bridgehead atoms. The molecule has 25 heavy (non-hydrogen) atoms. The van der Waals surface area contributed by atoms with Gasteiger partial charge in [-0.2, -0.15) is 0 Å². The molecule has 1 heterocycles. The van der Waals surface area contributed by atoms with Crippen LogP contribution < -0.4 is 10.2 Å². The molecule has 2 aromatic rings. The second kappa shape index (κ2) is 7.00. The molecule has 0 radical (unpaired) electrons. The van der Waals surface area contributed by atoms with Gasteiger partial charge in [0.1, 0.15) is 23.3 Å². The lowest BCUT2D eigenvalue weighted by atomic mass is 10.2. The monoisotopic (exact) mass is 353 g/mol. The Hall–Kier alpha value is -2.77. The molecule has 0 aliphatic carbocycles. The topological polar surface area (TPSA) is 35.6 Å². The van der Waals surface area contributed by atoms with Gasteiger partial charge in [-0.05, 0) is 24.3 Å². The Morgan fingerprint density at radius 1 is 0.840 bits per heavy atom. The van der Waals surface area contributed by atoms with Gasteiger partial charge in [0.15, 0.2) is 0 Å². The van der Waals surface area contributed by atoms with Crippen LogP contribution in [0.5, 0.6) is 0 Å². The third-order valence-corrected chi connectivity index (χ3v) is 3.99. The highest BCUT2D eigenvalue weighted by Gasteiger charge is 2.23. The number of rotatable bonds is 2. The van der Waals surface area contributed by atoms with Crippen LogP contribution in [0.25, 0.3) is 0 Å². The van der Waals surface area contributed by atoms with Crippen LogP contribution in [0.4, 0.5) is 33.7 Å². The number of urea groups is 1. The van der Waals surface area contributed by atoms with Gasteiger partial charge in [-0.1, -0.05) is 0 Å². The molecule has 2 aromatic carbocycles. The quantitative estimate of drug-likeness (QED) is 0.838. The molecule has 1 aliphatic heterocycles. The first-order chi connectivity index (χ1) is 11.9. The number of hydrogen-bond donors (Lipinski definition) is 1. The Kier molecular flexibility index (Phi) is 4.78. The zero-order chi connectivity index (χ0) is 18.0. The lowest BCUT2D eigenvalue weighted by Crippen LogP contribution is -2.50. The summed E-state index contributed by atoms with van der Waals surface area (Å²) in [5.74, 6) is -2.90. The van der Waals surface area contributed by atoms with Gasteiger partial charge in [-0.3, -0.25) is 0 Å². The Balaban J connectivity index is 1.60. The zero-order valence-electron chi connectivity index (χ0n) is 13.1. The molecule has 2 amide bonds. The third-order valence-electron chi connectivity index (χ3n) is 3.99. The molecule has 0 saturated carbocycles. The summed E-state index contributed by atoms with van der Waals surface area (Å²) in [7, 11) is 0. The second-order valence-corrected chi connectivity index (χ2v) is 5.62. The van der Waals surface area contributed by atoms with Crippen LogP contribution >= 0.6 is 0 Å². The summed E-state index contributed by atoms with van der Waals surface area (Å²) in [5, 5.41) is 2.38. The van der Waals surface area contributed by atoms with Crippen molar-refractivity contribution >= 4 is 17.4 Å². The molecule has 0 spiro atoms. The number of benzene rings is 2. The Bertz CT molecular complexity index is 791. The fraction of sp³-hybridized carbons (Fsp3) is 0.235. The first-order valence-electron chi connectivity index (χ1n) is 7.65. The fourth-order valence-corrected chi connectivity index (χ4v) is 2.67. The van der Waals surface area contributed by atoms with E-state index in [0.29, 0.717) is 19.2 Å². The summed E-state index contributed by atoms with van der Waals surface area (Å²) in [4.78, 5) is 15.3. The smallest absolute Gasteiger partial charge is 0.322 e. The van der Waals surface area contributed by atoms with Gasteiger partial charge in [0.25, 0.3) is 0 Å². The summed E-state index contributed by atoms with van der Waals surface area (Å²) in [6, 6.07) is 5.70. The van der Waals surface area contributed by atoms with Crippen LogP contribution in [-0.2, 0) is 0 Å². The number of nitrogens with one attached hydrogen (secondary N) is 1. The van der Waals surface area contributed by atoms with Gasteiger partial charge in [-0.25, -0.2) is 22.4 Å². The molecule has 132 valence electrons. The van der Waals surface area contributed by atoms with E-state index >= 15 is 0 Å². The Labute approximate surface area is 141 Å². The van der Waals surface area contributed by atoms with E-state index in [1.807, 2.05) is 0 Å². The third kappa shape index (κ3) is 3.84. The maximum absolute atomic E-state index is 13.8. The van der Waals surface area contributed by atoms with E-state index in [2.05, 4.69) is 5.32 Å². The Morgan fingerprint density at radius 3 is 2.04 bits per heavy atom. The number of piperazine rings is 1. The van der Waals surface area contributed by atoms with Gasteiger partial charge in [0, 0.05) is 38.3 Å². The van der Waals surface area contributed by atoms with Gasteiger partial charge >= 0.3 is 6.03 Å². The van der Waals surface area contributed by atoms with Crippen LogP contribution in [0.2, 0.25) is 0 Å². The van der Waals surface area contributed by atoms with Crippen LogP contribution in [0.3, 0.4) is 0 Å². The first-order valence-corrected chi connectivity index (χ1v) is 7.65. The minimum atomic E-state index is -0.861. The van der Waals surface area contributed by atoms with E-state index in [0.717, 1.165) is 18.2 Å². The second-order valence-electron chi connectivity index (χ2n) is 5.62. The average molecular weight is 353 g/mol. The van der Waals surface area contributed by atoms with E-state index in [9.17, 15) is 22.4 Å². The molecule has 1 N–H and O–H groups in total. The van der Waals surface area contributed by atoms with Crippen molar-refractivity contribution in [1.82, 2.24) is 4.90 Å². The fourth-order valence-electron chi connectivity index (χ4n) is 2.67. The van der Waals surface area contributed by atoms with E-state index in [4.69, 9.17) is 0 Å². The highest BCUT2D eigenvalue weighted by atomic mass is 19.1. The molecule has 0 atom stereocenters. The Morgan fingerprint density at radius 2 is 1.44 bits per heavy atom. The normalized spacial score (nSPS) is 14.6. The predicted molar refractivity (Wildman–Crippen MR) is 85.5 cm³/mol. The van der Waals surface area contributed by atoms with Crippen molar-refractivity contribution in [1.29, 1.82) is 0 Å². The van der Waals surface area contributed by atoms with Crippen molar-refractivity contribution in [3.63, 3.8) is 0 Å². The molecular formula is C17H15F4N3O. The first kappa shape index (κ1) is 17.1. The summed E-state index contributed by atoms with van der Waals surface area (Å²) >= 11 is 0. The average Bonchev–Trinajstić information content (AvgIpc) is 2.57. The molecule has 0 unspecified atom stereocenters. The summed E-state index contributed by atoms with van der Waals surface area (Å²) in [6.07, 6.45) is 0. The van der Waals surface area contributed by atoms with Crippen LogP contribution in [0, 0.1) is 23.3 Å². The predicted octanol–water partition coefficient (Wildman–Crippen LogP) is 3.60. The lowest BCUT2D eigenvalue weighted by molar-refractivity contribution is 0.208. The number of carbonyl (C=O) groups is 1. The van der Waals surface area contributed by atoms with Crippen molar-refractivity contribution in [2.45, 2.75) is 0 Å². The van der Waals surface area contributed by atoms with E-state index in [-0.39, 0.29) is 24.5 Å². The standard InChI is InChI=1S/C17H15F4N3O/c18-11-1-3-15(13(20)9-11)22-17(25)24-7-5-23(6-8-24)16-4-2-12(19)10-14(16)21/h1-4,9-10H,5-8H2,(H,22,25). The summed E-state index contributed by atoms with van der Waals surface area (Å²) in [6.45, 7) is 1.26. The van der Waals surface area contributed by atoms with Gasteiger partial charge < -0.3 is 15.1 Å². The van der Waals surface area contributed by atoms with Crippen molar-refractivity contribution in [3.05, 3.63) is 59.7 Å². The molecule has 8 heteroatoms. The summed E-state index contributed by atoms with van der Waals surface area (Å²) in [5.41, 5.74) is 0.157. The maximum atomic E-state index is 13.8. The molecule has 1 aliphatic rings. The minimum absolute atomic E-state index is 0.113. The van der Waals surface area contributed by atoms with Crippen molar-refractivity contribution in [2.24, 2.45) is 0 Å². The zero-order valence-corrected chi connectivity index (χ0v) is 13.1. The van der Waals surface area contributed by atoms with E-state index in [1.165, 1.54) is 17.0 Å². The maximum Gasteiger partial charge on any atom is 0.322 e. The lowest BCUT2D eigenvalue weighted by Gasteiger charge is -2.36. The van der Waals surface area contributed by atoms with Gasteiger partial charge in [0.2, 0.25) is 0 Å². The van der Waals surface area contributed by atoms with Gasteiger partial charge in [0.05, 0.1) is 11.4 Å². The molecule has 0 aromatic heterocycles. The van der Waals surface area contributed by atoms with Crippen LogP contribution in [0.1, 0.15) is 0 Å².